The summed E-state index contributed by atoms with van der Waals surface area (Å²) in [6.45, 7) is 0.164. The number of nitrogens with zero attached hydrogens (tertiary/aromatic N) is 4. The van der Waals surface area contributed by atoms with Crippen LogP contribution in [0.5, 0.6) is 0 Å². The van der Waals surface area contributed by atoms with Crippen molar-refractivity contribution in [1.82, 2.24) is 0 Å². The molecule has 1 aromatic heterocycles. The number of esters is 2. The van der Waals surface area contributed by atoms with E-state index >= 15 is 0 Å². The van der Waals surface area contributed by atoms with Crippen molar-refractivity contribution < 1.29 is 27.8 Å². The molecule has 4 atom stereocenters. The van der Waals surface area contributed by atoms with Gasteiger partial charge in [0.1, 0.15) is 35.0 Å². The molecule has 4 aliphatic heterocycles. The van der Waals surface area contributed by atoms with Crippen molar-refractivity contribution in [2.24, 2.45) is 16.1 Å². The molecule has 2 fully saturated rings. The Kier molecular flexibility index (Phi) is 5.31. The van der Waals surface area contributed by atoms with E-state index in [1.54, 1.807) is 34.3 Å². The number of hydrazone groups is 2. The molecule has 0 bridgehead atoms. The molecule has 5 heterocycles. The minimum atomic E-state index is -0.881. The first kappa shape index (κ1) is 23.4. The van der Waals surface area contributed by atoms with Crippen molar-refractivity contribution in [3.63, 3.8) is 0 Å². The van der Waals surface area contributed by atoms with Crippen LogP contribution in [0.15, 0.2) is 76.2 Å². The molecule has 0 unspecified atom stereocenters. The number of hydrogen-bond acceptors (Lipinski definition) is 10. The summed E-state index contributed by atoms with van der Waals surface area (Å²) in [7, 11) is 0. The Bertz CT molecular complexity index is 1500. The molecule has 192 valence electrons. The second-order valence-corrected chi connectivity index (χ2v) is 11.7. The van der Waals surface area contributed by atoms with Gasteiger partial charge in [-0.25, -0.2) is 18.4 Å². The molecule has 0 aliphatic carbocycles. The number of halogens is 2. The Morgan fingerprint density at radius 1 is 1.03 bits per heavy atom. The number of carbonyl (C=O) groups excluding carboxylic acids is 2. The highest BCUT2D eigenvalue weighted by Crippen LogP contribution is 2.59. The van der Waals surface area contributed by atoms with Gasteiger partial charge in [-0.2, -0.15) is 10.2 Å². The molecule has 3 aromatic rings. The van der Waals surface area contributed by atoms with E-state index in [0.717, 1.165) is 4.88 Å². The van der Waals surface area contributed by atoms with Crippen LogP contribution in [0.3, 0.4) is 0 Å². The maximum Gasteiger partial charge on any atom is 0.356 e. The lowest BCUT2D eigenvalue weighted by molar-refractivity contribution is -0.137. The van der Waals surface area contributed by atoms with Crippen molar-refractivity contribution in [1.29, 1.82) is 0 Å². The summed E-state index contributed by atoms with van der Waals surface area (Å²) in [6.07, 6.45) is 0. The summed E-state index contributed by atoms with van der Waals surface area (Å²) in [5.74, 6) is -2.48. The first-order valence-electron chi connectivity index (χ1n) is 11.8. The van der Waals surface area contributed by atoms with Gasteiger partial charge in [-0.1, -0.05) is 6.07 Å². The summed E-state index contributed by atoms with van der Waals surface area (Å²) in [5, 5.41) is 14.1. The topological polar surface area (TPSA) is 83.8 Å². The average Bonchev–Trinajstić information content (AvgIpc) is 3.71. The van der Waals surface area contributed by atoms with Gasteiger partial charge in [0.25, 0.3) is 0 Å². The van der Waals surface area contributed by atoms with E-state index in [2.05, 4.69) is 10.2 Å². The molecule has 1 spiro atoms. The Hall–Kier alpha value is -3.77. The molecule has 0 saturated carbocycles. The SMILES string of the molecule is O=C(OCc1cccs1)C1=NN(c2ccc(F)cc2)[C@H]2S[C@]34COC(=O)C3=NN(c3ccc(F)cc3)[C@@H]4[C@@H]12. The summed E-state index contributed by atoms with van der Waals surface area (Å²) in [6, 6.07) is 14.8. The van der Waals surface area contributed by atoms with E-state index < -0.39 is 45.7 Å². The predicted octanol–water partition coefficient (Wildman–Crippen LogP) is 4.18. The van der Waals surface area contributed by atoms with Crippen LogP contribution in [0.25, 0.3) is 0 Å². The third kappa shape index (κ3) is 3.47. The third-order valence-electron chi connectivity index (χ3n) is 7.03. The van der Waals surface area contributed by atoms with Gasteiger partial charge in [0.05, 0.1) is 23.3 Å². The van der Waals surface area contributed by atoms with Crippen molar-refractivity contribution in [2.75, 3.05) is 16.6 Å². The number of anilines is 2. The van der Waals surface area contributed by atoms with E-state index in [-0.39, 0.29) is 24.6 Å². The third-order valence-corrected chi connectivity index (χ3v) is 9.59. The highest BCUT2D eigenvalue weighted by molar-refractivity contribution is 8.02. The number of fused-ring (bicyclic) bond motifs is 2. The van der Waals surface area contributed by atoms with Gasteiger partial charge in [0.2, 0.25) is 0 Å². The lowest BCUT2D eigenvalue weighted by Crippen LogP contribution is -2.50. The number of benzene rings is 2. The zero-order chi connectivity index (χ0) is 26.0. The van der Waals surface area contributed by atoms with Gasteiger partial charge in [-0.15, -0.1) is 23.1 Å². The fraction of sp³-hybridized carbons (Fsp3) is 0.231. The van der Waals surface area contributed by atoms with Crippen molar-refractivity contribution in [3.05, 3.63) is 82.6 Å². The van der Waals surface area contributed by atoms with Crippen molar-refractivity contribution in [3.8, 4) is 0 Å². The lowest BCUT2D eigenvalue weighted by Gasteiger charge is -2.31. The molecule has 4 aliphatic rings. The van der Waals surface area contributed by atoms with Crippen LogP contribution in [0.2, 0.25) is 0 Å². The van der Waals surface area contributed by atoms with E-state index in [1.165, 1.54) is 47.4 Å². The van der Waals surface area contributed by atoms with Gasteiger partial charge in [-0.3, -0.25) is 10.0 Å². The Labute approximate surface area is 223 Å². The van der Waals surface area contributed by atoms with Gasteiger partial charge >= 0.3 is 11.9 Å². The van der Waals surface area contributed by atoms with E-state index in [9.17, 15) is 18.4 Å². The van der Waals surface area contributed by atoms with Crippen LogP contribution >= 0.6 is 23.1 Å². The lowest BCUT2D eigenvalue weighted by atomic mass is 9.84. The minimum Gasteiger partial charge on any atom is -0.459 e. The van der Waals surface area contributed by atoms with Gasteiger partial charge < -0.3 is 9.47 Å². The molecule has 2 aromatic carbocycles. The van der Waals surface area contributed by atoms with Gasteiger partial charge in [0.15, 0.2) is 11.4 Å². The molecule has 0 amide bonds. The molecule has 2 saturated heterocycles. The maximum absolute atomic E-state index is 13.7. The van der Waals surface area contributed by atoms with Gasteiger partial charge in [-0.05, 0) is 60.0 Å². The number of thioether (sulfide) groups is 1. The molecule has 12 heteroatoms. The first-order chi connectivity index (χ1) is 18.4. The molecule has 8 nitrogen and oxygen atoms in total. The van der Waals surface area contributed by atoms with E-state index in [0.29, 0.717) is 11.4 Å². The smallest absolute Gasteiger partial charge is 0.356 e. The fourth-order valence-electron chi connectivity index (χ4n) is 5.37. The Balaban J connectivity index is 1.31. The molecule has 0 N–H and O–H groups in total. The highest BCUT2D eigenvalue weighted by atomic mass is 32.2. The van der Waals surface area contributed by atoms with Crippen molar-refractivity contribution >= 4 is 57.8 Å². The summed E-state index contributed by atoms with van der Waals surface area (Å²) >= 11 is 2.91. The Morgan fingerprint density at radius 3 is 2.37 bits per heavy atom. The first-order valence-corrected chi connectivity index (χ1v) is 13.5. The molecule has 0 radical (unpaired) electrons. The van der Waals surface area contributed by atoms with E-state index in [1.807, 2.05) is 17.5 Å². The van der Waals surface area contributed by atoms with Crippen LogP contribution in [0.1, 0.15) is 4.88 Å². The van der Waals surface area contributed by atoms with Crippen LogP contribution < -0.4 is 10.0 Å². The summed E-state index contributed by atoms with van der Waals surface area (Å²) in [4.78, 5) is 27.1. The largest absolute Gasteiger partial charge is 0.459 e. The van der Waals surface area contributed by atoms with Crippen LogP contribution in [-0.2, 0) is 25.7 Å². The number of ether oxygens (including phenoxy) is 2. The zero-order valence-electron chi connectivity index (χ0n) is 19.5. The second-order valence-electron chi connectivity index (χ2n) is 9.18. The van der Waals surface area contributed by atoms with Crippen LogP contribution in [0.4, 0.5) is 20.2 Å². The fourth-order valence-corrected chi connectivity index (χ4v) is 7.85. The second kappa shape index (κ2) is 8.63. The van der Waals surface area contributed by atoms with Gasteiger partial charge in [0, 0.05) is 4.88 Å². The summed E-state index contributed by atoms with van der Waals surface area (Å²) in [5.41, 5.74) is 1.58. The number of hydrogen-bond donors (Lipinski definition) is 0. The van der Waals surface area contributed by atoms with Crippen LogP contribution in [0, 0.1) is 17.6 Å². The maximum atomic E-state index is 13.7. The number of cyclic esters (lactones) is 1. The quantitative estimate of drug-likeness (QED) is 0.440. The highest BCUT2D eigenvalue weighted by Gasteiger charge is 2.72. The normalized spacial score (nSPS) is 27.0. The zero-order valence-corrected chi connectivity index (χ0v) is 21.1. The minimum absolute atomic E-state index is 0.0689. The predicted molar refractivity (Wildman–Crippen MR) is 139 cm³/mol. The van der Waals surface area contributed by atoms with E-state index in [4.69, 9.17) is 9.47 Å². The monoisotopic (exact) mass is 552 g/mol. The van der Waals surface area contributed by atoms with Crippen molar-refractivity contribution in [2.45, 2.75) is 22.8 Å². The number of rotatable bonds is 5. The summed E-state index contributed by atoms with van der Waals surface area (Å²) < 4.78 is 37.7. The molecule has 38 heavy (non-hydrogen) atoms. The molecular weight excluding hydrogens is 534 g/mol. The number of thiophene rings is 1. The Morgan fingerprint density at radius 2 is 1.71 bits per heavy atom. The average molecular weight is 553 g/mol. The molecule has 7 rings (SSSR count). The van der Waals surface area contributed by atoms with Crippen LogP contribution in [-0.4, -0.2) is 46.1 Å². The molecular formula is C26H18F2N4O4S2. The number of carbonyl (C=O) groups is 2. The standard InChI is InChI=1S/C26H18F2N4O4S2/c27-14-3-7-16(8-4-14)31-22-19-20(24(33)35-12-18-2-1-11-37-18)29-32(17-9-5-15(28)6-10-17)23(19)38-26(22)13-36-25(34)21(26)30-31/h1-11,19,22-23H,12-13H2/t19-,22-,23+,26-/m1/s1.